The number of hydrogen-bond donors (Lipinski definition) is 1. The zero-order valence-electron chi connectivity index (χ0n) is 12.9. The number of hydrogen-bond acceptors (Lipinski definition) is 3. The van der Waals surface area contributed by atoms with E-state index in [-0.39, 0.29) is 12.3 Å². The van der Waals surface area contributed by atoms with E-state index in [4.69, 9.17) is 0 Å². The lowest BCUT2D eigenvalue weighted by Crippen LogP contribution is -2.25. The number of aryl methyl sites for hydroxylation is 1. The summed E-state index contributed by atoms with van der Waals surface area (Å²) in [5.41, 5.74) is 3.35. The van der Waals surface area contributed by atoms with E-state index < -0.39 is 10.0 Å². The number of para-hydroxylation sites is 1. The predicted octanol–water partition coefficient (Wildman–Crippen LogP) is 3.16. The number of rotatable bonds is 5. The summed E-state index contributed by atoms with van der Waals surface area (Å²) in [4.78, 5) is 4.48. The molecule has 5 heteroatoms. The second-order valence-electron chi connectivity index (χ2n) is 5.50. The van der Waals surface area contributed by atoms with Gasteiger partial charge in [0, 0.05) is 5.39 Å². The molecule has 0 saturated heterocycles. The molecule has 23 heavy (non-hydrogen) atoms. The standard InChI is InChI=1S/C18H18N2O2S/c1-14-6-2-3-8-16(14)13-23(21,22)19-12-17-11-10-15-7-4-5-9-18(15)20-17/h2-11,19H,12-13H2,1H3. The summed E-state index contributed by atoms with van der Waals surface area (Å²) < 4.78 is 27.1. The van der Waals surface area contributed by atoms with Crippen molar-refractivity contribution < 1.29 is 8.42 Å². The molecule has 0 amide bonds. The largest absolute Gasteiger partial charge is 0.251 e. The minimum atomic E-state index is -3.40. The molecule has 1 N–H and O–H groups in total. The van der Waals surface area contributed by atoms with Gasteiger partial charge < -0.3 is 0 Å². The second kappa shape index (κ2) is 6.48. The summed E-state index contributed by atoms with van der Waals surface area (Å²) in [7, 11) is -3.40. The van der Waals surface area contributed by atoms with Gasteiger partial charge in [0.05, 0.1) is 23.5 Å². The number of benzene rings is 2. The van der Waals surface area contributed by atoms with Crippen LogP contribution < -0.4 is 4.72 Å². The molecule has 0 aliphatic rings. The molecular formula is C18H18N2O2S. The van der Waals surface area contributed by atoms with Crippen molar-refractivity contribution in [1.82, 2.24) is 9.71 Å². The van der Waals surface area contributed by atoms with Gasteiger partial charge in [-0.15, -0.1) is 0 Å². The Morgan fingerprint density at radius 2 is 1.70 bits per heavy atom. The minimum Gasteiger partial charge on any atom is -0.251 e. The average Bonchev–Trinajstić information content (AvgIpc) is 2.55. The number of nitrogens with zero attached hydrogens (tertiary/aromatic N) is 1. The molecule has 0 unspecified atom stereocenters. The molecule has 118 valence electrons. The van der Waals surface area contributed by atoms with Crippen LogP contribution in [0.5, 0.6) is 0 Å². The summed E-state index contributed by atoms with van der Waals surface area (Å²) in [6.07, 6.45) is 0. The molecule has 0 bridgehead atoms. The first-order valence-corrected chi connectivity index (χ1v) is 9.05. The van der Waals surface area contributed by atoms with Crippen LogP contribution in [0.1, 0.15) is 16.8 Å². The Morgan fingerprint density at radius 3 is 2.52 bits per heavy atom. The molecule has 0 saturated carbocycles. The van der Waals surface area contributed by atoms with Gasteiger partial charge in [0.1, 0.15) is 0 Å². The van der Waals surface area contributed by atoms with E-state index in [1.807, 2.05) is 67.6 Å². The summed E-state index contributed by atoms with van der Waals surface area (Å²) in [5, 5.41) is 1.04. The summed E-state index contributed by atoms with van der Waals surface area (Å²) in [5.74, 6) is -0.0206. The number of sulfonamides is 1. The van der Waals surface area contributed by atoms with E-state index in [2.05, 4.69) is 9.71 Å². The van der Waals surface area contributed by atoms with Crippen LogP contribution >= 0.6 is 0 Å². The van der Waals surface area contributed by atoms with E-state index in [0.717, 1.165) is 22.0 Å². The quantitative estimate of drug-likeness (QED) is 0.783. The van der Waals surface area contributed by atoms with Crippen molar-refractivity contribution in [3.05, 3.63) is 77.5 Å². The van der Waals surface area contributed by atoms with E-state index in [1.165, 1.54) is 0 Å². The van der Waals surface area contributed by atoms with Crippen LogP contribution in [-0.4, -0.2) is 13.4 Å². The SMILES string of the molecule is Cc1ccccc1CS(=O)(=O)NCc1ccc2ccccc2n1. The van der Waals surface area contributed by atoms with E-state index in [0.29, 0.717) is 5.69 Å². The van der Waals surface area contributed by atoms with Gasteiger partial charge in [0.25, 0.3) is 0 Å². The predicted molar refractivity (Wildman–Crippen MR) is 92.4 cm³/mol. The fraction of sp³-hybridized carbons (Fsp3) is 0.167. The van der Waals surface area contributed by atoms with Crippen LogP contribution in [0.25, 0.3) is 10.9 Å². The van der Waals surface area contributed by atoms with E-state index >= 15 is 0 Å². The molecule has 1 heterocycles. The van der Waals surface area contributed by atoms with Gasteiger partial charge in [-0.2, -0.15) is 0 Å². The monoisotopic (exact) mass is 326 g/mol. The highest BCUT2D eigenvalue weighted by Crippen LogP contribution is 2.13. The maximum Gasteiger partial charge on any atom is 0.216 e. The van der Waals surface area contributed by atoms with E-state index in [9.17, 15) is 8.42 Å². The number of fused-ring (bicyclic) bond motifs is 1. The highest BCUT2D eigenvalue weighted by Gasteiger charge is 2.13. The van der Waals surface area contributed by atoms with E-state index in [1.54, 1.807) is 0 Å². The first-order chi connectivity index (χ1) is 11.0. The van der Waals surface area contributed by atoms with Crippen molar-refractivity contribution in [2.45, 2.75) is 19.2 Å². The van der Waals surface area contributed by atoms with Crippen molar-refractivity contribution in [3.63, 3.8) is 0 Å². The van der Waals surface area contributed by atoms with Crippen LogP contribution in [0.4, 0.5) is 0 Å². The van der Waals surface area contributed by atoms with Gasteiger partial charge in [0.15, 0.2) is 0 Å². The van der Waals surface area contributed by atoms with Crippen molar-refractivity contribution in [2.75, 3.05) is 0 Å². The third-order valence-electron chi connectivity index (χ3n) is 3.74. The minimum absolute atomic E-state index is 0.0206. The molecule has 0 atom stereocenters. The third kappa shape index (κ3) is 3.94. The lowest BCUT2D eigenvalue weighted by Gasteiger charge is -2.09. The topological polar surface area (TPSA) is 59.1 Å². The van der Waals surface area contributed by atoms with Crippen LogP contribution in [0.15, 0.2) is 60.7 Å². The molecule has 3 rings (SSSR count). The highest BCUT2D eigenvalue weighted by molar-refractivity contribution is 7.88. The Hall–Kier alpha value is -2.24. The number of aromatic nitrogens is 1. The molecule has 3 aromatic rings. The Bertz CT molecular complexity index is 936. The van der Waals surface area contributed by atoms with Gasteiger partial charge in [-0.25, -0.2) is 13.1 Å². The molecule has 2 aromatic carbocycles. The van der Waals surface area contributed by atoms with Crippen molar-refractivity contribution in [2.24, 2.45) is 0 Å². The number of nitrogens with one attached hydrogen (secondary N) is 1. The lowest BCUT2D eigenvalue weighted by atomic mass is 10.1. The van der Waals surface area contributed by atoms with Crippen molar-refractivity contribution >= 4 is 20.9 Å². The normalized spacial score (nSPS) is 11.7. The maximum absolute atomic E-state index is 12.3. The van der Waals surface area contributed by atoms with Crippen molar-refractivity contribution in [3.8, 4) is 0 Å². The van der Waals surface area contributed by atoms with Gasteiger partial charge in [0.2, 0.25) is 10.0 Å². The summed E-state index contributed by atoms with van der Waals surface area (Å²) in [6, 6.07) is 19.1. The van der Waals surface area contributed by atoms with Crippen LogP contribution in [0.3, 0.4) is 0 Å². The smallest absolute Gasteiger partial charge is 0.216 e. The van der Waals surface area contributed by atoms with Crippen molar-refractivity contribution in [1.29, 1.82) is 0 Å². The Balaban J connectivity index is 1.72. The highest BCUT2D eigenvalue weighted by atomic mass is 32.2. The average molecular weight is 326 g/mol. The Morgan fingerprint density at radius 1 is 0.957 bits per heavy atom. The molecular weight excluding hydrogens is 308 g/mol. The molecule has 0 spiro atoms. The fourth-order valence-electron chi connectivity index (χ4n) is 2.42. The van der Waals surface area contributed by atoms with Crippen LogP contribution in [0.2, 0.25) is 0 Å². The first kappa shape index (κ1) is 15.6. The Labute approximate surface area is 136 Å². The van der Waals surface area contributed by atoms with Gasteiger partial charge in [-0.3, -0.25) is 4.98 Å². The maximum atomic E-state index is 12.3. The molecule has 0 fully saturated rings. The zero-order chi connectivity index (χ0) is 16.3. The molecule has 0 radical (unpaired) electrons. The van der Waals surface area contributed by atoms with Gasteiger partial charge >= 0.3 is 0 Å². The Kier molecular flexibility index (Phi) is 4.41. The lowest BCUT2D eigenvalue weighted by molar-refractivity contribution is 0.579. The fourth-order valence-corrected chi connectivity index (χ4v) is 3.62. The molecule has 0 aliphatic heterocycles. The molecule has 1 aromatic heterocycles. The first-order valence-electron chi connectivity index (χ1n) is 7.40. The zero-order valence-corrected chi connectivity index (χ0v) is 13.7. The molecule has 4 nitrogen and oxygen atoms in total. The third-order valence-corrected chi connectivity index (χ3v) is 5.01. The summed E-state index contributed by atoms with van der Waals surface area (Å²) >= 11 is 0. The van der Waals surface area contributed by atoms with Gasteiger partial charge in [-0.1, -0.05) is 48.5 Å². The van der Waals surface area contributed by atoms with Gasteiger partial charge in [-0.05, 0) is 30.2 Å². The summed E-state index contributed by atoms with van der Waals surface area (Å²) in [6.45, 7) is 2.11. The second-order valence-corrected chi connectivity index (χ2v) is 7.31. The van der Waals surface area contributed by atoms with Crippen LogP contribution in [-0.2, 0) is 22.3 Å². The van der Waals surface area contributed by atoms with Crippen LogP contribution in [0, 0.1) is 6.92 Å². The number of pyridine rings is 1. The molecule has 0 aliphatic carbocycles.